The Balaban J connectivity index is 1.76. The lowest BCUT2D eigenvalue weighted by atomic mass is 10.2. The zero-order valence-electron chi connectivity index (χ0n) is 13.7. The van der Waals surface area contributed by atoms with E-state index in [2.05, 4.69) is 62.4 Å². The number of hydrogen-bond acceptors (Lipinski definition) is 4. The van der Waals surface area contributed by atoms with Crippen LogP contribution < -0.4 is 10.2 Å². The largest absolute Gasteiger partial charge is 0.339 e. The quantitative estimate of drug-likeness (QED) is 0.679. The molecule has 0 atom stereocenters. The lowest BCUT2D eigenvalue weighted by Crippen LogP contribution is -2.19. The average molecular weight is 383 g/mol. The Kier molecular flexibility index (Phi) is 5.11. The Labute approximate surface area is 150 Å². The third-order valence-electron chi connectivity index (χ3n) is 3.63. The molecule has 1 heterocycles. The Morgan fingerprint density at radius 1 is 1.08 bits per heavy atom. The summed E-state index contributed by atoms with van der Waals surface area (Å²) < 4.78 is 1.01. The predicted octanol–water partition coefficient (Wildman–Crippen LogP) is 4.93. The van der Waals surface area contributed by atoms with Crippen molar-refractivity contribution in [3.05, 3.63) is 76.4 Å². The van der Waals surface area contributed by atoms with Gasteiger partial charge in [-0.2, -0.15) is 4.98 Å². The van der Waals surface area contributed by atoms with Gasteiger partial charge in [0.25, 0.3) is 0 Å². The highest BCUT2D eigenvalue weighted by molar-refractivity contribution is 9.10. The van der Waals surface area contributed by atoms with E-state index >= 15 is 0 Å². The average Bonchev–Trinajstić information content (AvgIpc) is 2.59. The van der Waals surface area contributed by atoms with E-state index < -0.39 is 0 Å². The molecule has 5 heteroatoms. The number of nitrogens with zero attached hydrogens (tertiary/aromatic N) is 3. The molecule has 0 spiro atoms. The van der Waals surface area contributed by atoms with Crippen molar-refractivity contribution in [1.29, 1.82) is 0 Å². The van der Waals surface area contributed by atoms with Gasteiger partial charge in [-0.15, -0.1) is 0 Å². The van der Waals surface area contributed by atoms with Crippen molar-refractivity contribution in [1.82, 2.24) is 9.97 Å². The number of nitrogens with one attached hydrogen (secondary N) is 1. The van der Waals surface area contributed by atoms with Crippen molar-refractivity contribution in [2.45, 2.75) is 13.5 Å². The van der Waals surface area contributed by atoms with Gasteiger partial charge in [0.15, 0.2) is 0 Å². The molecule has 0 bridgehead atoms. The van der Waals surface area contributed by atoms with Crippen LogP contribution in [0.2, 0.25) is 0 Å². The second-order valence-corrected chi connectivity index (χ2v) is 6.55. The zero-order chi connectivity index (χ0) is 16.9. The first-order valence-corrected chi connectivity index (χ1v) is 8.52. The summed E-state index contributed by atoms with van der Waals surface area (Å²) in [6, 6.07) is 18.3. The standard InChI is InChI=1S/C19H19BrN4/c1-14-8-9-17(16(20)12-14)22-18-10-11-21-19(23-18)24(2)13-15-6-4-3-5-7-15/h3-12H,13H2,1-2H3,(H,21,22,23). The zero-order valence-corrected chi connectivity index (χ0v) is 15.3. The highest BCUT2D eigenvalue weighted by Gasteiger charge is 2.07. The van der Waals surface area contributed by atoms with Crippen LogP contribution in [-0.2, 0) is 6.54 Å². The van der Waals surface area contributed by atoms with E-state index in [0.717, 1.165) is 22.5 Å². The number of halogens is 1. The van der Waals surface area contributed by atoms with Gasteiger partial charge >= 0.3 is 0 Å². The topological polar surface area (TPSA) is 41.1 Å². The summed E-state index contributed by atoms with van der Waals surface area (Å²) >= 11 is 3.58. The molecule has 0 amide bonds. The molecule has 122 valence electrons. The van der Waals surface area contributed by atoms with E-state index in [1.165, 1.54) is 11.1 Å². The molecule has 0 saturated heterocycles. The lowest BCUT2D eigenvalue weighted by molar-refractivity contribution is 0.868. The molecular weight excluding hydrogens is 364 g/mol. The van der Waals surface area contributed by atoms with Crippen LogP contribution >= 0.6 is 15.9 Å². The molecule has 24 heavy (non-hydrogen) atoms. The van der Waals surface area contributed by atoms with Crippen LogP contribution in [0.4, 0.5) is 17.5 Å². The van der Waals surface area contributed by atoms with Crippen LogP contribution in [0.3, 0.4) is 0 Å². The predicted molar refractivity (Wildman–Crippen MR) is 103 cm³/mol. The summed E-state index contributed by atoms with van der Waals surface area (Å²) in [5, 5.41) is 3.33. The van der Waals surface area contributed by atoms with Crippen molar-refractivity contribution >= 4 is 33.4 Å². The molecule has 2 aromatic carbocycles. The van der Waals surface area contributed by atoms with E-state index in [1.807, 2.05) is 42.3 Å². The maximum atomic E-state index is 4.61. The third kappa shape index (κ3) is 4.11. The van der Waals surface area contributed by atoms with E-state index in [0.29, 0.717) is 5.95 Å². The molecule has 4 nitrogen and oxygen atoms in total. The van der Waals surface area contributed by atoms with Crippen LogP contribution in [0.1, 0.15) is 11.1 Å². The molecule has 0 aliphatic carbocycles. The smallest absolute Gasteiger partial charge is 0.227 e. The van der Waals surface area contributed by atoms with Gasteiger partial charge in [-0.25, -0.2) is 4.98 Å². The van der Waals surface area contributed by atoms with Crippen molar-refractivity contribution < 1.29 is 0 Å². The van der Waals surface area contributed by atoms with Gasteiger partial charge < -0.3 is 10.2 Å². The fourth-order valence-corrected chi connectivity index (χ4v) is 2.98. The van der Waals surface area contributed by atoms with Gasteiger partial charge in [0, 0.05) is 24.3 Å². The number of aryl methyl sites for hydroxylation is 1. The summed E-state index contributed by atoms with van der Waals surface area (Å²) in [5.41, 5.74) is 3.41. The monoisotopic (exact) mass is 382 g/mol. The molecule has 0 aliphatic heterocycles. The van der Waals surface area contributed by atoms with Crippen LogP contribution in [0.15, 0.2) is 65.3 Å². The van der Waals surface area contributed by atoms with E-state index in [-0.39, 0.29) is 0 Å². The molecular formula is C19H19BrN4. The Hall–Kier alpha value is -2.40. The van der Waals surface area contributed by atoms with Gasteiger partial charge in [0.05, 0.1) is 5.69 Å². The van der Waals surface area contributed by atoms with E-state index in [9.17, 15) is 0 Å². The first-order valence-electron chi connectivity index (χ1n) is 7.73. The highest BCUT2D eigenvalue weighted by atomic mass is 79.9. The van der Waals surface area contributed by atoms with E-state index in [4.69, 9.17) is 0 Å². The lowest BCUT2D eigenvalue weighted by Gasteiger charge is -2.18. The van der Waals surface area contributed by atoms with Gasteiger partial charge in [-0.1, -0.05) is 36.4 Å². The molecule has 0 fully saturated rings. The molecule has 0 aliphatic rings. The Morgan fingerprint density at radius 2 is 1.88 bits per heavy atom. The molecule has 1 N–H and O–H groups in total. The number of rotatable bonds is 5. The van der Waals surface area contributed by atoms with E-state index in [1.54, 1.807) is 6.20 Å². The number of benzene rings is 2. The first kappa shape index (κ1) is 16.5. The van der Waals surface area contributed by atoms with Crippen LogP contribution in [0.5, 0.6) is 0 Å². The van der Waals surface area contributed by atoms with Crippen molar-refractivity contribution in [3.8, 4) is 0 Å². The fraction of sp³-hybridized carbons (Fsp3) is 0.158. The minimum absolute atomic E-state index is 0.687. The van der Waals surface area contributed by atoms with Crippen LogP contribution in [-0.4, -0.2) is 17.0 Å². The van der Waals surface area contributed by atoms with Crippen molar-refractivity contribution in [2.24, 2.45) is 0 Å². The maximum Gasteiger partial charge on any atom is 0.227 e. The SMILES string of the molecule is Cc1ccc(Nc2ccnc(N(C)Cc3ccccc3)n2)c(Br)c1. The maximum absolute atomic E-state index is 4.61. The summed E-state index contributed by atoms with van der Waals surface area (Å²) in [6.07, 6.45) is 1.77. The summed E-state index contributed by atoms with van der Waals surface area (Å²) in [5.74, 6) is 1.46. The highest BCUT2D eigenvalue weighted by Crippen LogP contribution is 2.26. The third-order valence-corrected chi connectivity index (χ3v) is 4.29. The fourth-order valence-electron chi connectivity index (χ4n) is 2.39. The van der Waals surface area contributed by atoms with Crippen molar-refractivity contribution in [3.63, 3.8) is 0 Å². The molecule has 1 aromatic heterocycles. The molecule has 0 unspecified atom stereocenters. The number of hydrogen-bond donors (Lipinski definition) is 1. The van der Waals surface area contributed by atoms with Gasteiger partial charge in [0.2, 0.25) is 5.95 Å². The van der Waals surface area contributed by atoms with Crippen LogP contribution in [0.25, 0.3) is 0 Å². The summed E-state index contributed by atoms with van der Waals surface area (Å²) in [4.78, 5) is 11.0. The van der Waals surface area contributed by atoms with Crippen LogP contribution in [0, 0.1) is 6.92 Å². The van der Waals surface area contributed by atoms with Gasteiger partial charge in [-0.3, -0.25) is 0 Å². The number of anilines is 3. The normalized spacial score (nSPS) is 10.5. The van der Waals surface area contributed by atoms with Gasteiger partial charge in [0.1, 0.15) is 5.82 Å². The summed E-state index contributed by atoms with van der Waals surface area (Å²) in [7, 11) is 1.99. The Morgan fingerprint density at radius 3 is 2.62 bits per heavy atom. The second-order valence-electron chi connectivity index (χ2n) is 5.69. The summed E-state index contributed by atoms with van der Waals surface area (Å²) in [6.45, 7) is 2.83. The molecule has 0 saturated carbocycles. The minimum Gasteiger partial charge on any atom is -0.339 e. The minimum atomic E-state index is 0.687. The number of aromatic nitrogens is 2. The molecule has 0 radical (unpaired) electrons. The Bertz CT molecular complexity index is 821. The van der Waals surface area contributed by atoms with Gasteiger partial charge in [-0.05, 0) is 52.2 Å². The molecule has 3 rings (SSSR count). The van der Waals surface area contributed by atoms with Crippen molar-refractivity contribution in [2.75, 3.05) is 17.3 Å². The second kappa shape index (κ2) is 7.45. The first-order chi connectivity index (χ1) is 11.6. The molecule has 3 aromatic rings.